The number of pyridine rings is 1. The smallest absolute Gasteiger partial charge is 0.280 e. The normalized spacial score (nSPS) is 28.8. The maximum absolute atomic E-state index is 15.3. The van der Waals surface area contributed by atoms with E-state index < -0.39 is 35.3 Å². The van der Waals surface area contributed by atoms with Crippen molar-refractivity contribution >= 4 is 52.8 Å². The lowest BCUT2D eigenvalue weighted by atomic mass is 9.53. The van der Waals surface area contributed by atoms with Gasteiger partial charge in [-0.25, -0.2) is 8.78 Å². The summed E-state index contributed by atoms with van der Waals surface area (Å²) in [4.78, 5) is 67.6. The van der Waals surface area contributed by atoms with Gasteiger partial charge in [-0.2, -0.15) is 4.99 Å². The number of aryl methyl sites for hydroxylation is 1. The van der Waals surface area contributed by atoms with E-state index in [9.17, 15) is 19.2 Å². The minimum atomic E-state index is -1.03. The maximum atomic E-state index is 15.3. The van der Waals surface area contributed by atoms with Gasteiger partial charge in [-0.1, -0.05) is 6.92 Å². The first kappa shape index (κ1) is 42.3. The number of carbonyl (C=O) groups excluding carboxylic acids is 4. The lowest BCUT2D eigenvalue weighted by Gasteiger charge is -2.68. The van der Waals surface area contributed by atoms with Crippen LogP contribution < -0.4 is 20.9 Å². The Labute approximate surface area is 365 Å². The second-order valence-corrected chi connectivity index (χ2v) is 18.1. The fraction of sp³-hybridized carbons (Fsp3) is 0.468. The summed E-state index contributed by atoms with van der Waals surface area (Å²) in [6.45, 7) is 5.50. The Hall–Kier alpha value is -6.03. The van der Waals surface area contributed by atoms with Crippen LogP contribution in [0.15, 0.2) is 53.3 Å². The Bertz CT molecular complexity index is 2470. The van der Waals surface area contributed by atoms with Crippen molar-refractivity contribution in [3.8, 4) is 0 Å². The van der Waals surface area contributed by atoms with Crippen molar-refractivity contribution in [2.75, 3.05) is 44.0 Å². The predicted octanol–water partition coefficient (Wildman–Crippen LogP) is 5.91. The molecule has 16 heteroatoms. The Balaban J connectivity index is 0.899. The average Bonchev–Trinajstić information content (AvgIpc) is 3.80. The molecule has 4 aliphatic heterocycles. The van der Waals surface area contributed by atoms with Crippen molar-refractivity contribution in [2.24, 2.45) is 16.3 Å². The number of hydrogen-bond acceptors (Lipinski definition) is 11. The van der Waals surface area contributed by atoms with E-state index in [1.807, 2.05) is 35.0 Å². The van der Waals surface area contributed by atoms with Crippen molar-refractivity contribution < 1.29 is 32.7 Å². The molecule has 6 aliphatic rings. The molecule has 2 aliphatic carbocycles. The van der Waals surface area contributed by atoms with Gasteiger partial charge in [0.2, 0.25) is 17.8 Å². The second-order valence-electron chi connectivity index (χ2n) is 18.1. The average molecular weight is 862 g/mol. The van der Waals surface area contributed by atoms with E-state index in [0.717, 1.165) is 49.9 Å². The van der Waals surface area contributed by atoms with E-state index in [4.69, 9.17) is 10.1 Å². The number of imide groups is 1. The first-order chi connectivity index (χ1) is 30.3. The number of benzene rings is 2. The highest BCUT2D eigenvalue weighted by Crippen LogP contribution is 2.65. The van der Waals surface area contributed by atoms with Crippen molar-refractivity contribution in [3.05, 3.63) is 93.6 Å². The summed E-state index contributed by atoms with van der Waals surface area (Å²) in [5.74, 6) is -3.30. The number of piperidine rings is 2. The number of anilines is 2. The summed E-state index contributed by atoms with van der Waals surface area (Å²) in [6.07, 6.45) is 7.11. The van der Waals surface area contributed by atoms with E-state index in [-0.39, 0.29) is 47.7 Å². The summed E-state index contributed by atoms with van der Waals surface area (Å²) in [6, 6.07) is 12.1. The maximum Gasteiger partial charge on any atom is 0.280 e. The molecule has 0 radical (unpaired) electrons. The van der Waals surface area contributed by atoms with Crippen LogP contribution in [0.1, 0.15) is 107 Å². The number of halogens is 2. The molecule has 4 amide bonds. The van der Waals surface area contributed by atoms with Crippen LogP contribution in [0.2, 0.25) is 0 Å². The van der Waals surface area contributed by atoms with E-state index in [1.54, 1.807) is 26.1 Å². The van der Waals surface area contributed by atoms with Crippen LogP contribution in [-0.4, -0.2) is 103 Å². The number of allylic oxidation sites excluding steroid dienone is 1. The number of ether oxygens (including phenoxy) is 1. The SMILES string of the molecule is CN/C1=C(\C=N)c2cc(cc(C)n2)C(=O)/N=C2\Nc3ccc(C(=O)N(C)C4CC5N(CCc6cc(F)c([C@H]7CCC(=O)NC7=O)c(F)c6)C6CCC65C4)cc3N2C[C@H](C)CCCO1. The summed E-state index contributed by atoms with van der Waals surface area (Å²) < 4.78 is 36.7. The molecule has 1 spiro atoms. The summed E-state index contributed by atoms with van der Waals surface area (Å²) in [5, 5.41) is 16.7. The predicted molar refractivity (Wildman–Crippen MR) is 234 cm³/mol. The van der Waals surface area contributed by atoms with E-state index in [2.05, 4.69) is 37.8 Å². The zero-order chi connectivity index (χ0) is 44.3. The van der Waals surface area contributed by atoms with Crippen molar-refractivity contribution in [2.45, 2.75) is 95.7 Å². The molecule has 4 unspecified atom stereocenters. The van der Waals surface area contributed by atoms with Crippen LogP contribution in [0.5, 0.6) is 0 Å². The van der Waals surface area contributed by atoms with Crippen molar-refractivity contribution in [3.63, 3.8) is 0 Å². The monoisotopic (exact) mass is 861 g/mol. The molecule has 3 aromatic rings. The molecular weight excluding hydrogens is 809 g/mol. The molecular formula is C47H53F2N9O5. The number of guanidine groups is 1. The fourth-order valence-corrected chi connectivity index (χ4v) is 11.0. The number of hydrogen-bond donors (Lipinski definition) is 4. The first-order valence-corrected chi connectivity index (χ1v) is 22.0. The van der Waals surface area contributed by atoms with Crippen molar-refractivity contribution in [1.82, 2.24) is 25.4 Å². The number of likely N-dealkylation sites (tertiary alicyclic amines) is 1. The molecule has 6 atom stereocenters. The minimum Gasteiger partial charge on any atom is -0.479 e. The lowest BCUT2D eigenvalue weighted by molar-refractivity contribution is -0.187. The standard InChI is InChI=1S/C47H53F2N9O5/c1-25-6-5-15-63-44(51-3)32(23-50)36-19-29(16-26(2)52-36)42(60)55-46-53-35-9-7-28(20-37(35)58(46)24-25)45(62)56(4)30-21-39-47(22-30)13-11-38(47)57(39)14-12-27-17-33(48)41(34(49)18-27)31-8-10-40(59)54-43(31)61/h7,9,16-20,23,25,30-31,38-39,50-51H,5-6,8,10-15,21-22,24H2,1-4H3,(H,53,55,60)(H,54,59,61)/b44-32-,50-23?/t25-,30?,31-,38?,39?,47?/m1/s1. The quantitative estimate of drug-likeness (QED) is 0.158. The molecule has 2 bridgehead atoms. The van der Waals surface area contributed by atoms with Gasteiger partial charge in [0.15, 0.2) is 5.88 Å². The van der Waals surface area contributed by atoms with Crippen LogP contribution in [-0.2, 0) is 20.7 Å². The van der Waals surface area contributed by atoms with Gasteiger partial charge in [0.1, 0.15) is 11.6 Å². The molecule has 2 saturated carbocycles. The Morgan fingerprint density at radius 3 is 2.59 bits per heavy atom. The minimum absolute atomic E-state index is 0.0138. The van der Waals surface area contributed by atoms with Gasteiger partial charge in [0, 0.05) is 85.7 Å². The lowest BCUT2D eigenvalue weighted by Crippen LogP contribution is -2.74. The van der Waals surface area contributed by atoms with Crippen LogP contribution in [0.4, 0.5) is 20.2 Å². The molecule has 2 aromatic carbocycles. The van der Waals surface area contributed by atoms with Crippen LogP contribution in [0.3, 0.4) is 0 Å². The molecule has 330 valence electrons. The van der Waals surface area contributed by atoms with Crippen molar-refractivity contribution in [1.29, 1.82) is 5.41 Å². The van der Waals surface area contributed by atoms with E-state index in [0.29, 0.717) is 77.7 Å². The highest BCUT2D eigenvalue weighted by Gasteiger charge is 2.69. The van der Waals surface area contributed by atoms with Gasteiger partial charge in [-0.3, -0.25) is 34.4 Å². The molecule has 63 heavy (non-hydrogen) atoms. The highest BCUT2D eigenvalue weighted by atomic mass is 19.1. The topological polar surface area (TPSA) is 172 Å². The van der Waals surface area contributed by atoms with Gasteiger partial charge in [-0.15, -0.1) is 0 Å². The summed E-state index contributed by atoms with van der Waals surface area (Å²) in [5.41, 5.74) is 4.17. The molecule has 4 fully saturated rings. The molecule has 4 N–H and O–H groups in total. The van der Waals surface area contributed by atoms with Gasteiger partial charge >= 0.3 is 0 Å². The number of aliphatic imine (C=N–C) groups is 1. The zero-order valence-corrected chi connectivity index (χ0v) is 36.0. The number of carbonyl (C=O) groups is 4. The number of nitrogens with zero attached hydrogens (tertiary/aromatic N) is 5. The molecule has 1 aromatic heterocycles. The third-order valence-corrected chi connectivity index (χ3v) is 14.3. The third-order valence-electron chi connectivity index (χ3n) is 14.3. The van der Waals surface area contributed by atoms with Crippen LogP contribution in [0, 0.1) is 35.3 Å². The van der Waals surface area contributed by atoms with Crippen LogP contribution >= 0.6 is 0 Å². The Morgan fingerprint density at radius 2 is 1.87 bits per heavy atom. The van der Waals surface area contributed by atoms with E-state index >= 15 is 8.78 Å². The molecule has 14 nitrogen and oxygen atoms in total. The third kappa shape index (κ3) is 7.55. The summed E-state index contributed by atoms with van der Waals surface area (Å²) >= 11 is 0. The molecule has 2 saturated heterocycles. The highest BCUT2D eigenvalue weighted by molar-refractivity contribution is 6.20. The first-order valence-electron chi connectivity index (χ1n) is 22.0. The fourth-order valence-electron chi connectivity index (χ4n) is 11.0. The van der Waals surface area contributed by atoms with E-state index in [1.165, 1.54) is 18.3 Å². The Kier molecular flexibility index (Phi) is 11.1. The number of nitrogens with one attached hydrogen (secondary N) is 4. The van der Waals surface area contributed by atoms with Gasteiger partial charge in [-0.05, 0) is 112 Å². The molecule has 5 heterocycles. The zero-order valence-electron chi connectivity index (χ0n) is 36.0. The van der Waals surface area contributed by atoms with Gasteiger partial charge < -0.3 is 30.6 Å². The number of amides is 4. The Morgan fingerprint density at radius 1 is 1.08 bits per heavy atom. The molecule has 9 rings (SSSR count). The number of rotatable bonds is 8. The van der Waals surface area contributed by atoms with Gasteiger partial charge in [0.25, 0.3) is 11.8 Å². The second kappa shape index (κ2) is 16.6. The number of fused-ring (bicyclic) bond motifs is 5. The largest absolute Gasteiger partial charge is 0.479 e. The van der Waals surface area contributed by atoms with Gasteiger partial charge in [0.05, 0.1) is 35.2 Å². The van der Waals surface area contributed by atoms with Crippen LogP contribution in [0.25, 0.3) is 5.57 Å². The summed E-state index contributed by atoms with van der Waals surface area (Å²) in [7, 11) is 3.60. The number of aromatic nitrogens is 1.